The first-order valence-corrected chi connectivity index (χ1v) is 10.0. The molecule has 0 aliphatic carbocycles. The number of aromatic nitrogens is 5. The van der Waals surface area contributed by atoms with E-state index in [1.165, 1.54) is 41.5 Å². The van der Waals surface area contributed by atoms with Crippen LogP contribution in [-0.2, 0) is 18.8 Å². The van der Waals surface area contributed by atoms with Gasteiger partial charge < -0.3 is 10.1 Å². The lowest BCUT2D eigenvalue weighted by atomic mass is 10.2. The van der Waals surface area contributed by atoms with Gasteiger partial charge in [0.2, 0.25) is 0 Å². The van der Waals surface area contributed by atoms with Gasteiger partial charge in [-0.05, 0) is 43.3 Å². The van der Waals surface area contributed by atoms with E-state index >= 15 is 0 Å². The second kappa shape index (κ2) is 8.54. The van der Waals surface area contributed by atoms with Crippen molar-refractivity contribution in [3.05, 3.63) is 80.9 Å². The van der Waals surface area contributed by atoms with E-state index < -0.39 is 23.1 Å². The first-order chi connectivity index (χ1) is 15.8. The fourth-order valence-corrected chi connectivity index (χ4v) is 3.28. The van der Waals surface area contributed by atoms with Crippen molar-refractivity contribution in [3.63, 3.8) is 0 Å². The highest BCUT2D eigenvalue weighted by Gasteiger charge is 2.15. The molecular weight excluding hydrogens is 428 g/mol. The Bertz CT molecular complexity index is 1510. The Labute approximate surface area is 186 Å². The van der Waals surface area contributed by atoms with Crippen molar-refractivity contribution in [1.82, 2.24) is 23.9 Å². The zero-order chi connectivity index (χ0) is 23.7. The van der Waals surface area contributed by atoms with Gasteiger partial charge in [0, 0.05) is 26.0 Å². The standard InChI is InChI=1S/C22H20N6O5/c1-4-33-21(31)17-10-11-28(25-17)14-7-5-6-13(12-14)23-19(29)16-9-8-15-18(24-16)26(2)22(32)27(3)20(15)30/h5-12H,4H2,1-3H3,(H,23,29). The predicted molar refractivity (Wildman–Crippen MR) is 120 cm³/mol. The molecule has 0 aliphatic heterocycles. The summed E-state index contributed by atoms with van der Waals surface area (Å²) in [6.45, 7) is 1.96. The Morgan fingerprint density at radius 2 is 1.82 bits per heavy atom. The van der Waals surface area contributed by atoms with E-state index in [1.54, 1.807) is 37.4 Å². The van der Waals surface area contributed by atoms with Crippen LogP contribution in [0.1, 0.15) is 27.9 Å². The van der Waals surface area contributed by atoms with Crippen molar-refractivity contribution >= 4 is 28.6 Å². The largest absolute Gasteiger partial charge is 0.461 e. The number of rotatable bonds is 5. The fourth-order valence-electron chi connectivity index (χ4n) is 3.28. The number of pyridine rings is 1. The highest BCUT2D eigenvalue weighted by molar-refractivity contribution is 6.04. The molecule has 0 atom stereocenters. The van der Waals surface area contributed by atoms with Crippen LogP contribution in [0.4, 0.5) is 5.69 Å². The molecule has 0 radical (unpaired) electrons. The molecule has 0 fully saturated rings. The number of carbonyl (C=O) groups excluding carboxylic acids is 2. The lowest BCUT2D eigenvalue weighted by Gasteiger charge is -2.10. The summed E-state index contributed by atoms with van der Waals surface area (Å²) in [6, 6.07) is 11.3. The Hall–Kier alpha value is -4.54. The average Bonchev–Trinajstić information content (AvgIpc) is 3.32. The Kier molecular flexibility index (Phi) is 5.61. The normalized spacial score (nSPS) is 10.9. The molecule has 168 valence electrons. The number of fused-ring (bicyclic) bond motifs is 1. The van der Waals surface area contributed by atoms with Gasteiger partial charge in [0.1, 0.15) is 11.3 Å². The van der Waals surface area contributed by atoms with Crippen LogP contribution >= 0.6 is 0 Å². The van der Waals surface area contributed by atoms with Crippen LogP contribution in [0.15, 0.2) is 58.3 Å². The van der Waals surface area contributed by atoms with Crippen molar-refractivity contribution in [2.75, 3.05) is 11.9 Å². The third-order valence-corrected chi connectivity index (χ3v) is 4.98. The maximum atomic E-state index is 12.8. The third kappa shape index (κ3) is 4.03. The highest BCUT2D eigenvalue weighted by atomic mass is 16.5. The van der Waals surface area contributed by atoms with Crippen LogP contribution in [0.25, 0.3) is 16.7 Å². The maximum Gasteiger partial charge on any atom is 0.358 e. The van der Waals surface area contributed by atoms with Crippen molar-refractivity contribution in [3.8, 4) is 5.69 Å². The summed E-state index contributed by atoms with van der Waals surface area (Å²) in [7, 11) is 2.86. The molecule has 4 rings (SSSR count). The molecule has 33 heavy (non-hydrogen) atoms. The molecule has 0 saturated heterocycles. The van der Waals surface area contributed by atoms with Crippen LogP contribution < -0.4 is 16.6 Å². The molecule has 1 amide bonds. The number of hydrogen-bond acceptors (Lipinski definition) is 7. The van der Waals surface area contributed by atoms with Gasteiger partial charge in [0.25, 0.3) is 11.5 Å². The molecule has 1 N–H and O–H groups in total. The molecule has 3 heterocycles. The lowest BCUT2D eigenvalue weighted by Crippen LogP contribution is -2.37. The van der Waals surface area contributed by atoms with Gasteiger partial charge in [0.05, 0.1) is 17.7 Å². The first kappa shape index (κ1) is 21.7. The van der Waals surface area contributed by atoms with Crippen LogP contribution in [-0.4, -0.2) is 42.4 Å². The minimum atomic E-state index is -0.535. The van der Waals surface area contributed by atoms with Gasteiger partial charge in [-0.25, -0.2) is 19.3 Å². The molecule has 0 spiro atoms. The number of amides is 1. The van der Waals surface area contributed by atoms with Gasteiger partial charge in [-0.3, -0.25) is 18.7 Å². The molecule has 0 unspecified atom stereocenters. The number of aryl methyl sites for hydroxylation is 1. The fraction of sp³-hybridized carbons (Fsp3) is 0.182. The van der Waals surface area contributed by atoms with Gasteiger partial charge >= 0.3 is 11.7 Å². The third-order valence-electron chi connectivity index (χ3n) is 4.98. The number of esters is 1. The van der Waals surface area contributed by atoms with Crippen LogP contribution in [0, 0.1) is 0 Å². The zero-order valence-electron chi connectivity index (χ0n) is 18.1. The van der Waals surface area contributed by atoms with E-state index in [0.717, 1.165) is 4.57 Å². The summed E-state index contributed by atoms with van der Waals surface area (Å²) in [4.78, 5) is 53.3. The van der Waals surface area contributed by atoms with Crippen LogP contribution in [0.3, 0.4) is 0 Å². The summed E-state index contributed by atoms with van der Waals surface area (Å²) in [5.74, 6) is -1.04. The SMILES string of the molecule is CCOC(=O)c1ccn(-c2cccc(NC(=O)c3ccc4c(=O)n(C)c(=O)n(C)c4n3)c2)n1. The maximum absolute atomic E-state index is 12.8. The molecule has 0 saturated carbocycles. The first-order valence-electron chi connectivity index (χ1n) is 10.0. The smallest absolute Gasteiger partial charge is 0.358 e. The van der Waals surface area contributed by atoms with E-state index in [2.05, 4.69) is 15.4 Å². The number of benzene rings is 1. The second-order valence-corrected chi connectivity index (χ2v) is 7.14. The number of ether oxygens (including phenoxy) is 1. The van der Waals surface area contributed by atoms with Crippen molar-refractivity contribution in [2.24, 2.45) is 14.1 Å². The molecule has 1 aromatic carbocycles. The zero-order valence-corrected chi connectivity index (χ0v) is 18.1. The molecule has 4 aromatic rings. The minimum Gasteiger partial charge on any atom is -0.461 e. The molecule has 0 bridgehead atoms. The van der Waals surface area contributed by atoms with Crippen molar-refractivity contribution < 1.29 is 14.3 Å². The van der Waals surface area contributed by atoms with Gasteiger partial charge in [-0.2, -0.15) is 5.10 Å². The topological polar surface area (TPSA) is 130 Å². The van der Waals surface area contributed by atoms with E-state index in [-0.39, 0.29) is 29.0 Å². The number of carbonyl (C=O) groups is 2. The molecule has 11 nitrogen and oxygen atoms in total. The molecular formula is C22H20N6O5. The lowest BCUT2D eigenvalue weighted by molar-refractivity contribution is 0.0519. The monoisotopic (exact) mass is 448 g/mol. The molecule has 11 heteroatoms. The van der Waals surface area contributed by atoms with Gasteiger partial charge in [-0.15, -0.1) is 0 Å². The number of nitrogens with one attached hydrogen (secondary N) is 1. The summed E-state index contributed by atoms with van der Waals surface area (Å²) in [6.07, 6.45) is 1.61. The summed E-state index contributed by atoms with van der Waals surface area (Å²) in [5, 5.41) is 7.17. The minimum absolute atomic E-state index is 0.0415. The van der Waals surface area contributed by atoms with E-state index in [1.807, 2.05) is 0 Å². The quantitative estimate of drug-likeness (QED) is 0.455. The summed E-state index contributed by atoms with van der Waals surface area (Å²) >= 11 is 0. The molecule has 3 aromatic heterocycles. The second-order valence-electron chi connectivity index (χ2n) is 7.14. The van der Waals surface area contributed by atoms with E-state index in [4.69, 9.17) is 4.74 Å². The van der Waals surface area contributed by atoms with Crippen molar-refractivity contribution in [2.45, 2.75) is 6.92 Å². The Morgan fingerprint density at radius 3 is 2.58 bits per heavy atom. The van der Waals surface area contributed by atoms with E-state index in [0.29, 0.717) is 11.4 Å². The number of anilines is 1. The summed E-state index contributed by atoms with van der Waals surface area (Å²) in [5.41, 5.74) is 0.385. The number of nitrogens with zero attached hydrogens (tertiary/aromatic N) is 5. The highest BCUT2D eigenvalue weighted by Crippen LogP contribution is 2.16. The molecule has 0 aliphatic rings. The van der Waals surface area contributed by atoms with Crippen LogP contribution in [0.2, 0.25) is 0 Å². The van der Waals surface area contributed by atoms with Gasteiger partial charge in [0.15, 0.2) is 5.69 Å². The average molecular weight is 448 g/mol. The predicted octanol–water partition coefficient (Wildman–Crippen LogP) is 1.25. The van der Waals surface area contributed by atoms with Gasteiger partial charge in [-0.1, -0.05) is 6.07 Å². The van der Waals surface area contributed by atoms with Crippen LogP contribution in [0.5, 0.6) is 0 Å². The van der Waals surface area contributed by atoms with Crippen molar-refractivity contribution in [1.29, 1.82) is 0 Å². The Balaban J connectivity index is 1.61. The number of hydrogen-bond donors (Lipinski definition) is 1. The summed E-state index contributed by atoms with van der Waals surface area (Å²) < 4.78 is 8.63. The Morgan fingerprint density at radius 1 is 1.03 bits per heavy atom. The van der Waals surface area contributed by atoms with E-state index in [9.17, 15) is 19.2 Å².